The van der Waals surface area contributed by atoms with E-state index in [1.807, 2.05) is 38.1 Å². The van der Waals surface area contributed by atoms with E-state index in [0.717, 1.165) is 37.0 Å². The number of nitrogens with one attached hydrogen (secondary N) is 1. The summed E-state index contributed by atoms with van der Waals surface area (Å²) in [4.78, 5) is 12.2. The van der Waals surface area contributed by atoms with Gasteiger partial charge in [-0.1, -0.05) is 31.0 Å². The fraction of sp³-hybridized carbons (Fsp3) is 0.562. The highest BCUT2D eigenvalue weighted by Gasteiger charge is 2.36. The second-order valence-corrected chi connectivity index (χ2v) is 5.82. The third-order valence-corrected chi connectivity index (χ3v) is 3.72. The Bertz CT molecular complexity index is 471. The highest BCUT2D eigenvalue weighted by molar-refractivity contribution is 5.86. The number of amides is 1. The summed E-state index contributed by atoms with van der Waals surface area (Å²) < 4.78 is 5.75. The summed E-state index contributed by atoms with van der Waals surface area (Å²) in [7, 11) is 0. The van der Waals surface area contributed by atoms with Crippen molar-refractivity contribution in [2.75, 3.05) is 0 Å². The van der Waals surface area contributed by atoms with Gasteiger partial charge < -0.3 is 15.8 Å². The third kappa shape index (κ3) is 4.61. The fourth-order valence-electron chi connectivity index (χ4n) is 2.60. The van der Waals surface area contributed by atoms with E-state index in [0.29, 0.717) is 6.54 Å². The number of para-hydroxylation sites is 1. The Balaban J connectivity index is 0.00000220. The van der Waals surface area contributed by atoms with Gasteiger partial charge in [0, 0.05) is 12.1 Å². The third-order valence-electron chi connectivity index (χ3n) is 3.72. The molecule has 1 aliphatic carbocycles. The van der Waals surface area contributed by atoms with Crippen molar-refractivity contribution >= 4 is 18.3 Å². The van der Waals surface area contributed by atoms with Gasteiger partial charge in [-0.15, -0.1) is 12.4 Å². The van der Waals surface area contributed by atoms with Crippen LogP contribution < -0.4 is 15.8 Å². The van der Waals surface area contributed by atoms with Crippen molar-refractivity contribution < 1.29 is 9.53 Å². The zero-order chi connectivity index (χ0) is 14.6. The van der Waals surface area contributed by atoms with Crippen LogP contribution in [0.3, 0.4) is 0 Å². The normalized spacial score (nSPS) is 16.4. The lowest BCUT2D eigenvalue weighted by atomic mass is 9.98. The first kappa shape index (κ1) is 17.8. The molecule has 1 aliphatic rings. The van der Waals surface area contributed by atoms with Gasteiger partial charge >= 0.3 is 0 Å². The maximum atomic E-state index is 12.2. The number of carbonyl (C=O) groups excluding carboxylic acids is 1. The molecule has 0 heterocycles. The smallest absolute Gasteiger partial charge is 0.240 e. The summed E-state index contributed by atoms with van der Waals surface area (Å²) in [5.74, 6) is 0.773. The van der Waals surface area contributed by atoms with E-state index >= 15 is 0 Å². The summed E-state index contributed by atoms with van der Waals surface area (Å²) >= 11 is 0. The van der Waals surface area contributed by atoms with Crippen LogP contribution in [0.2, 0.25) is 0 Å². The van der Waals surface area contributed by atoms with Crippen molar-refractivity contribution in [3.05, 3.63) is 29.8 Å². The largest absolute Gasteiger partial charge is 0.491 e. The molecule has 0 radical (unpaired) electrons. The molecular formula is C16H25ClN2O2. The number of nitrogens with two attached hydrogens (primary N) is 1. The summed E-state index contributed by atoms with van der Waals surface area (Å²) in [5.41, 5.74) is 6.45. The second-order valence-electron chi connectivity index (χ2n) is 5.82. The van der Waals surface area contributed by atoms with Gasteiger partial charge in [-0.2, -0.15) is 0 Å². The maximum Gasteiger partial charge on any atom is 0.240 e. The minimum Gasteiger partial charge on any atom is -0.491 e. The molecule has 4 nitrogen and oxygen atoms in total. The quantitative estimate of drug-likeness (QED) is 0.878. The lowest BCUT2D eigenvalue weighted by Gasteiger charge is -2.23. The Morgan fingerprint density at radius 1 is 1.33 bits per heavy atom. The first-order valence-electron chi connectivity index (χ1n) is 7.33. The van der Waals surface area contributed by atoms with E-state index in [2.05, 4.69) is 5.32 Å². The van der Waals surface area contributed by atoms with Crippen molar-refractivity contribution in [1.82, 2.24) is 5.32 Å². The molecule has 0 aliphatic heterocycles. The van der Waals surface area contributed by atoms with Gasteiger partial charge in [0.25, 0.3) is 0 Å². The molecule has 21 heavy (non-hydrogen) atoms. The van der Waals surface area contributed by atoms with Crippen molar-refractivity contribution in [3.8, 4) is 5.75 Å². The van der Waals surface area contributed by atoms with Crippen LogP contribution in [0.1, 0.15) is 45.1 Å². The molecule has 118 valence electrons. The summed E-state index contributed by atoms with van der Waals surface area (Å²) in [6.45, 7) is 4.44. The molecule has 1 aromatic rings. The molecule has 0 spiro atoms. The predicted octanol–water partition coefficient (Wildman–Crippen LogP) is 2.78. The van der Waals surface area contributed by atoms with Gasteiger partial charge in [0.1, 0.15) is 5.75 Å². The molecule has 5 heteroatoms. The monoisotopic (exact) mass is 312 g/mol. The van der Waals surface area contributed by atoms with Crippen molar-refractivity contribution in [3.63, 3.8) is 0 Å². The van der Waals surface area contributed by atoms with E-state index in [9.17, 15) is 4.79 Å². The maximum absolute atomic E-state index is 12.2. The fourth-order valence-corrected chi connectivity index (χ4v) is 2.60. The molecule has 1 amide bonds. The molecule has 3 N–H and O–H groups in total. The molecule has 1 fully saturated rings. The molecule has 0 unspecified atom stereocenters. The zero-order valence-corrected chi connectivity index (χ0v) is 13.5. The summed E-state index contributed by atoms with van der Waals surface area (Å²) in [5, 5.41) is 2.95. The van der Waals surface area contributed by atoms with Crippen LogP contribution in [-0.2, 0) is 11.3 Å². The SMILES string of the molecule is CC(C)Oc1ccccc1CNC(=O)C1(N)CCCC1.Cl. The highest BCUT2D eigenvalue weighted by Crippen LogP contribution is 2.27. The summed E-state index contributed by atoms with van der Waals surface area (Å²) in [6, 6.07) is 7.78. The van der Waals surface area contributed by atoms with Crippen molar-refractivity contribution in [2.24, 2.45) is 5.73 Å². The molecular weight excluding hydrogens is 288 g/mol. The van der Waals surface area contributed by atoms with Crippen LogP contribution in [-0.4, -0.2) is 17.6 Å². The molecule has 0 saturated heterocycles. The Morgan fingerprint density at radius 3 is 2.57 bits per heavy atom. The zero-order valence-electron chi connectivity index (χ0n) is 12.7. The Kier molecular flexibility index (Phi) is 6.49. The minimum atomic E-state index is -0.673. The van der Waals surface area contributed by atoms with Gasteiger partial charge in [-0.3, -0.25) is 4.79 Å². The standard InChI is InChI=1S/C16H24N2O2.ClH/c1-12(2)20-14-8-4-3-7-13(14)11-18-15(19)16(17)9-5-6-10-16;/h3-4,7-8,12H,5-6,9-11,17H2,1-2H3,(H,18,19);1H. The topological polar surface area (TPSA) is 64.3 Å². The minimum absolute atomic E-state index is 0. The van der Waals surface area contributed by atoms with Crippen LogP contribution >= 0.6 is 12.4 Å². The first-order valence-corrected chi connectivity index (χ1v) is 7.33. The van der Waals surface area contributed by atoms with Gasteiger partial charge in [0.15, 0.2) is 0 Å². The predicted molar refractivity (Wildman–Crippen MR) is 86.7 cm³/mol. The Morgan fingerprint density at radius 2 is 1.95 bits per heavy atom. The first-order chi connectivity index (χ1) is 9.51. The number of hydrogen-bond acceptors (Lipinski definition) is 3. The lowest BCUT2D eigenvalue weighted by Crippen LogP contribution is -2.51. The summed E-state index contributed by atoms with van der Waals surface area (Å²) in [6.07, 6.45) is 3.75. The van der Waals surface area contributed by atoms with Gasteiger partial charge in [0.05, 0.1) is 11.6 Å². The van der Waals surface area contributed by atoms with E-state index in [4.69, 9.17) is 10.5 Å². The molecule has 0 aromatic heterocycles. The van der Waals surface area contributed by atoms with Crippen LogP contribution in [0.4, 0.5) is 0 Å². The van der Waals surface area contributed by atoms with Gasteiger partial charge in [0.2, 0.25) is 5.91 Å². The molecule has 1 aromatic carbocycles. The molecule has 1 saturated carbocycles. The number of rotatable bonds is 5. The number of benzene rings is 1. The number of halogens is 1. The van der Waals surface area contributed by atoms with Crippen LogP contribution in [0.15, 0.2) is 24.3 Å². The van der Waals surface area contributed by atoms with E-state index in [1.165, 1.54) is 0 Å². The second kappa shape index (κ2) is 7.66. The molecule has 2 rings (SSSR count). The van der Waals surface area contributed by atoms with E-state index in [1.54, 1.807) is 0 Å². The van der Waals surface area contributed by atoms with E-state index in [-0.39, 0.29) is 24.4 Å². The van der Waals surface area contributed by atoms with Gasteiger partial charge in [-0.05, 0) is 32.8 Å². The molecule has 0 atom stereocenters. The van der Waals surface area contributed by atoms with Crippen LogP contribution in [0, 0.1) is 0 Å². The van der Waals surface area contributed by atoms with Crippen molar-refractivity contribution in [1.29, 1.82) is 0 Å². The van der Waals surface area contributed by atoms with Crippen LogP contribution in [0.25, 0.3) is 0 Å². The number of ether oxygens (including phenoxy) is 1. The average Bonchev–Trinajstić information content (AvgIpc) is 2.85. The Hall–Kier alpha value is -1.26. The van der Waals surface area contributed by atoms with Gasteiger partial charge in [-0.25, -0.2) is 0 Å². The van der Waals surface area contributed by atoms with Crippen molar-refractivity contribution in [2.45, 2.75) is 57.7 Å². The average molecular weight is 313 g/mol. The van der Waals surface area contributed by atoms with E-state index < -0.39 is 5.54 Å². The highest BCUT2D eigenvalue weighted by atomic mass is 35.5. The molecule has 0 bridgehead atoms. The number of hydrogen-bond donors (Lipinski definition) is 2. The number of carbonyl (C=O) groups is 1. The lowest BCUT2D eigenvalue weighted by molar-refractivity contribution is -0.126. The van der Waals surface area contributed by atoms with Crippen LogP contribution in [0.5, 0.6) is 5.75 Å². The Labute approximate surface area is 132 Å².